The number of ether oxygens (including phenoxy) is 1. The maximum atomic E-state index is 5.36. The van der Waals surface area contributed by atoms with Crippen molar-refractivity contribution in [1.82, 2.24) is 9.97 Å². The number of para-hydroxylation sites is 1. The van der Waals surface area contributed by atoms with E-state index in [9.17, 15) is 0 Å². The summed E-state index contributed by atoms with van der Waals surface area (Å²) in [5.41, 5.74) is 1.11. The molecule has 0 atom stereocenters. The van der Waals surface area contributed by atoms with Crippen molar-refractivity contribution in [3.63, 3.8) is 0 Å². The van der Waals surface area contributed by atoms with Gasteiger partial charge < -0.3 is 15.4 Å². The molecule has 3 rings (SSSR count). The monoisotopic (exact) mass is 298 g/mol. The summed E-state index contributed by atoms with van der Waals surface area (Å²) in [5.74, 6) is 2.41. The number of anilines is 2. The van der Waals surface area contributed by atoms with E-state index in [4.69, 9.17) is 4.74 Å². The lowest BCUT2D eigenvalue weighted by Gasteiger charge is -2.13. The fraction of sp³-hybridized carbons (Fsp3) is 0.412. The van der Waals surface area contributed by atoms with Crippen LogP contribution in [0.15, 0.2) is 36.5 Å². The minimum Gasteiger partial charge on any atom is -0.496 e. The van der Waals surface area contributed by atoms with E-state index in [-0.39, 0.29) is 0 Å². The van der Waals surface area contributed by atoms with Crippen molar-refractivity contribution >= 4 is 11.8 Å². The van der Waals surface area contributed by atoms with Gasteiger partial charge in [0, 0.05) is 24.3 Å². The number of benzene rings is 1. The highest BCUT2D eigenvalue weighted by atomic mass is 16.5. The van der Waals surface area contributed by atoms with Crippen LogP contribution in [0, 0.1) is 0 Å². The predicted molar refractivity (Wildman–Crippen MR) is 88.2 cm³/mol. The van der Waals surface area contributed by atoms with Crippen LogP contribution in [0.2, 0.25) is 0 Å². The molecule has 2 aromatic rings. The molecule has 1 aliphatic rings. The average molecular weight is 298 g/mol. The Bertz CT molecular complexity index is 611. The Morgan fingerprint density at radius 1 is 1.18 bits per heavy atom. The van der Waals surface area contributed by atoms with Gasteiger partial charge >= 0.3 is 0 Å². The number of hydrogen-bond donors (Lipinski definition) is 2. The zero-order valence-electron chi connectivity index (χ0n) is 12.9. The van der Waals surface area contributed by atoms with Gasteiger partial charge in [-0.05, 0) is 25.0 Å². The molecule has 0 radical (unpaired) electrons. The van der Waals surface area contributed by atoms with Gasteiger partial charge in [-0.25, -0.2) is 4.98 Å². The minimum absolute atomic E-state index is 0.518. The molecule has 1 aromatic heterocycles. The fourth-order valence-corrected chi connectivity index (χ4v) is 2.81. The summed E-state index contributed by atoms with van der Waals surface area (Å²) < 4.78 is 5.36. The second-order valence-electron chi connectivity index (χ2n) is 5.56. The van der Waals surface area contributed by atoms with Crippen LogP contribution in [0.5, 0.6) is 5.75 Å². The number of aromatic nitrogens is 2. The summed E-state index contributed by atoms with van der Waals surface area (Å²) in [7, 11) is 1.69. The second-order valence-corrected chi connectivity index (χ2v) is 5.56. The van der Waals surface area contributed by atoms with Crippen molar-refractivity contribution in [2.45, 2.75) is 38.3 Å². The van der Waals surface area contributed by atoms with E-state index in [1.54, 1.807) is 13.3 Å². The van der Waals surface area contributed by atoms with Gasteiger partial charge in [0.25, 0.3) is 0 Å². The van der Waals surface area contributed by atoms with Gasteiger partial charge in [0.05, 0.1) is 7.11 Å². The van der Waals surface area contributed by atoms with Gasteiger partial charge in [0.1, 0.15) is 11.6 Å². The van der Waals surface area contributed by atoms with E-state index in [0.717, 1.165) is 17.1 Å². The first kappa shape index (κ1) is 14.6. The van der Waals surface area contributed by atoms with Gasteiger partial charge in [-0.1, -0.05) is 31.0 Å². The Balaban J connectivity index is 1.62. The first-order valence-electron chi connectivity index (χ1n) is 7.80. The molecule has 0 saturated heterocycles. The molecule has 22 heavy (non-hydrogen) atoms. The third-order valence-corrected chi connectivity index (χ3v) is 4.00. The minimum atomic E-state index is 0.518. The molecule has 1 aliphatic carbocycles. The molecular weight excluding hydrogens is 276 g/mol. The maximum absolute atomic E-state index is 5.36. The van der Waals surface area contributed by atoms with Crippen LogP contribution in [0.25, 0.3) is 0 Å². The Morgan fingerprint density at radius 2 is 2.00 bits per heavy atom. The third-order valence-electron chi connectivity index (χ3n) is 4.00. The fourth-order valence-electron chi connectivity index (χ4n) is 2.81. The standard InChI is InChI=1S/C17H22N4O/c1-22-15-9-5-2-6-13(15)12-19-16-10-11-18-17(21-16)20-14-7-3-4-8-14/h2,5-6,9-11,14H,3-4,7-8,12H2,1H3,(H2,18,19,20,21). The summed E-state index contributed by atoms with van der Waals surface area (Å²) in [6.45, 7) is 0.671. The molecule has 5 heteroatoms. The van der Waals surface area contributed by atoms with Crippen LogP contribution in [0.4, 0.5) is 11.8 Å². The van der Waals surface area contributed by atoms with Crippen LogP contribution in [-0.4, -0.2) is 23.1 Å². The first-order chi connectivity index (χ1) is 10.8. The van der Waals surface area contributed by atoms with E-state index >= 15 is 0 Å². The molecular formula is C17H22N4O. The van der Waals surface area contributed by atoms with Crippen LogP contribution in [-0.2, 0) is 6.54 Å². The molecule has 1 fully saturated rings. The molecule has 1 heterocycles. The van der Waals surface area contributed by atoms with Crippen molar-refractivity contribution in [3.05, 3.63) is 42.1 Å². The van der Waals surface area contributed by atoms with Crippen LogP contribution in [0.1, 0.15) is 31.2 Å². The second kappa shape index (κ2) is 7.11. The molecule has 116 valence electrons. The molecule has 0 bridgehead atoms. The first-order valence-corrected chi connectivity index (χ1v) is 7.80. The van der Waals surface area contributed by atoms with Gasteiger partial charge in [0.2, 0.25) is 5.95 Å². The van der Waals surface area contributed by atoms with Gasteiger partial charge in [0.15, 0.2) is 0 Å². The number of nitrogens with zero attached hydrogens (tertiary/aromatic N) is 2. The third kappa shape index (κ3) is 3.67. The molecule has 2 N–H and O–H groups in total. The van der Waals surface area contributed by atoms with Crippen molar-refractivity contribution < 1.29 is 4.74 Å². The lowest BCUT2D eigenvalue weighted by atomic mass is 10.2. The highest BCUT2D eigenvalue weighted by molar-refractivity contribution is 5.42. The van der Waals surface area contributed by atoms with Crippen molar-refractivity contribution in [2.24, 2.45) is 0 Å². The molecule has 0 amide bonds. The van der Waals surface area contributed by atoms with E-state index in [0.29, 0.717) is 18.5 Å². The van der Waals surface area contributed by atoms with Crippen molar-refractivity contribution in [3.8, 4) is 5.75 Å². The topological polar surface area (TPSA) is 59.1 Å². The number of nitrogens with one attached hydrogen (secondary N) is 2. The van der Waals surface area contributed by atoms with E-state index < -0.39 is 0 Å². The maximum Gasteiger partial charge on any atom is 0.224 e. The molecule has 0 spiro atoms. The number of hydrogen-bond acceptors (Lipinski definition) is 5. The molecule has 1 aromatic carbocycles. The molecule has 0 aliphatic heterocycles. The Labute approximate surface area is 131 Å². The smallest absolute Gasteiger partial charge is 0.224 e. The number of rotatable bonds is 6. The quantitative estimate of drug-likeness (QED) is 0.855. The summed E-state index contributed by atoms with van der Waals surface area (Å²) in [6.07, 6.45) is 6.80. The molecule has 1 saturated carbocycles. The van der Waals surface area contributed by atoms with Crippen molar-refractivity contribution in [1.29, 1.82) is 0 Å². The van der Waals surface area contributed by atoms with E-state index in [1.807, 2.05) is 30.3 Å². The highest BCUT2D eigenvalue weighted by Crippen LogP contribution is 2.21. The summed E-state index contributed by atoms with van der Waals surface area (Å²) in [4.78, 5) is 8.84. The summed E-state index contributed by atoms with van der Waals surface area (Å²) in [5, 5.41) is 6.74. The normalized spacial score (nSPS) is 14.8. The zero-order chi connectivity index (χ0) is 15.2. The van der Waals surface area contributed by atoms with E-state index in [2.05, 4.69) is 20.6 Å². The largest absolute Gasteiger partial charge is 0.496 e. The Kier molecular flexibility index (Phi) is 4.73. The SMILES string of the molecule is COc1ccccc1CNc1ccnc(NC2CCCC2)n1. The highest BCUT2D eigenvalue weighted by Gasteiger charge is 2.15. The van der Waals surface area contributed by atoms with Crippen LogP contribution < -0.4 is 15.4 Å². The van der Waals surface area contributed by atoms with Gasteiger partial charge in [-0.3, -0.25) is 0 Å². The average Bonchev–Trinajstić information content (AvgIpc) is 3.06. The van der Waals surface area contributed by atoms with Gasteiger partial charge in [-0.15, -0.1) is 0 Å². The number of methoxy groups -OCH3 is 1. The predicted octanol–water partition coefficient (Wildman–Crippen LogP) is 3.45. The molecule has 0 unspecified atom stereocenters. The summed E-state index contributed by atoms with van der Waals surface area (Å²) >= 11 is 0. The zero-order valence-corrected chi connectivity index (χ0v) is 12.9. The lowest BCUT2D eigenvalue weighted by molar-refractivity contribution is 0.410. The summed E-state index contributed by atoms with van der Waals surface area (Å²) in [6, 6.07) is 10.4. The Morgan fingerprint density at radius 3 is 2.82 bits per heavy atom. The van der Waals surface area contributed by atoms with E-state index in [1.165, 1.54) is 25.7 Å². The van der Waals surface area contributed by atoms with Crippen molar-refractivity contribution in [2.75, 3.05) is 17.7 Å². The lowest BCUT2D eigenvalue weighted by Crippen LogP contribution is -2.17. The Hall–Kier alpha value is -2.30. The van der Waals surface area contributed by atoms with Crippen LogP contribution in [0.3, 0.4) is 0 Å². The van der Waals surface area contributed by atoms with Gasteiger partial charge in [-0.2, -0.15) is 4.98 Å². The van der Waals surface area contributed by atoms with Crippen LogP contribution >= 0.6 is 0 Å². The molecule has 5 nitrogen and oxygen atoms in total.